The van der Waals surface area contributed by atoms with Crippen molar-refractivity contribution in [2.75, 3.05) is 13.2 Å². The Kier molecular flexibility index (Phi) is 4.72. The molecule has 1 aromatic rings. The lowest BCUT2D eigenvalue weighted by Crippen LogP contribution is -2.27. The second-order valence-electron chi connectivity index (χ2n) is 5.24. The van der Waals surface area contributed by atoms with Crippen LogP contribution in [0.3, 0.4) is 0 Å². The average molecular weight is 251 g/mol. The van der Waals surface area contributed by atoms with Gasteiger partial charge in [0.1, 0.15) is 5.82 Å². The molecule has 0 saturated heterocycles. The lowest BCUT2D eigenvalue weighted by molar-refractivity contribution is 0.0789. The van der Waals surface area contributed by atoms with Gasteiger partial charge in [0.05, 0.1) is 12.7 Å². The first-order chi connectivity index (χ1) is 8.66. The van der Waals surface area contributed by atoms with E-state index in [4.69, 9.17) is 4.74 Å². The summed E-state index contributed by atoms with van der Waals surface area (Å²) < 4.78 is 18.4. The highest BCUT2D eigenvalue weighted by Crippen LogP contribution is 2.40. The molecule has 3 heteroatoms. The van der Waals surface area contributed by atoms with E-state index in [9.17, 15) is 4.39 Å². The summed E-state index contributed by atoms with van der Waals surface area (Å²) in [6, 6.07) is 7.19. The molecule has 0 aromatic heterocycles. The smallest absolute Gasteiger partial charge is 0.123 e. The van der Waals surface area contributed by atoms with Crippen molar-refractivity contribution in [1.29, 1.82) is 0 Å². The Bertz CT molecular complexity index is 359. The topological polar surface area (TPSA) is 21.3 Å². The minimum Gasteiger partial charge on any atom is -0.377 e. The molecule has 0 spiro atoms. The molecule has 1 fully saturated rings. The average Bonchev–Trinajstić information content (AvgIpc) is 3.15. The normalized spacial score (nSPS) is 17.1. The zero-order valence-electron chi connectivity index (χ0n) is 11.2. The van der Waals surface area contributed by atoms with Gasteiger partial charge in [-0.1, -0.05) is 12.1 Å². The summed E-state index contributed by atoms with van der Waals surface area (Å²) in [4.78, 5) is 0. The Morgan fingerprint density at radius 3 is 2.50 bits per heavy atom. The minimum atomic E-state index is -0.170. The van der Waals surface area contributed by atoms with Crippen molar-refractivity contribution in [3.8, 4) is 0 Å². The Labute approximate surface area is 109 Å². The van der Waals surface area contributed by atoms with E-state index in [1.54, 1.807) is 0 Å². The van der Waals surface area contributed by atoms with Crippen LogP contribution < -0.4 is 5.32 Å². The molecule has 0 radical (unpaired) electrons. The number of ether oxygens (including phenoxy) is 1. The maximum absolute atomic E-state index is 12.9. The quantitative estimate of drug-likeness (QED) is 0.751. The summed E-state index contributed by atoms with van der Waals surface area (Å²) in [5.41, 5.74) is 1.18. The molecule has 0 aliphatic heterocycles. The third kappa shape index (κ3) is 4.07. The van der Waals surface area contributed by atoms with Crippen LogP contribution in [0.15, 0.2) is 24.3 Å². The van der Waals surface area contributed by atoms with Gasteiger partial charge < -0.3 is 10.1 Å². The molecule has 1 saturated carbocycles. The molecule has 0 heterocycles. The van der Waals surface area contributed by atoms with Crippen LogP contribution in [0, 0.1) is 11.7 Å². The molecule has 0 amide bonds. The Morgan fingerprint density at radius 1 is 1.28 bits per heavy atom. The maximum Gasteiger partial charge on any atom is 0.123 e. The number of rotatable bonds is 7. The third-order valence-electron chi connectivity index (χ3n) is 3.24. The molecule has 18 heavy (non-hydrogen) atoms. The van der Waals surface area contributed by atoms with Crippen LogP contribution in [0.5, 0.6) is 0 Å². The van der Waals surface area contributed by atoms with E-state index in [0.29, 0.717) is 12.0 Å². The van der Waals surface area contributed by atoms with Crippen LogP contribution in [0.4, 0.5) is 4.39 Å². The van der Waals surface area contributed by atoms with Gasteiger partial charge in [-0.05, 0) is 50.3 Å². The second kappa shape index (κ2) is 6.30. The van der Waals surface area contributed by atoms with Crippen molar-refractivity contribution < 1.29 is 9.13 Å². The van der Waals surface area contributed by atoms with Crippen LogP contribution >= 0.6 is 0 Å². The molecule has 1 unspecified atom stereocenters. The zero-order valence-corrected chi connectivity index (χ0v) is 11.2. The first-order valence-corrected chi connectivity index (χ1v) is 6.77. The van der Waals surface area contributed by atoms with Crippen LogP contribution in [0.25, 0.3) is 0 Å². The van der Waals surface area contributed by atoms with Crippen LogP contribution in [-0.4, -0.2) is 19.3 Å². The fourth-order valence-corrected chi connectivity index (χ4v) is 2.17. The monoisotopic (exact) mass is 251 g/mol. The summed E-state index contributed by atoms with van der Waals surface area (Å²) in [6.45, 7) is 5.65. The van der Waals surface area contributed by atoms with Crippen molar-refractivity contribution in [2.24, 2.45) is 5.92 Å². The van der Waals surface area contributed by atoms with E-state index in [-0.39, 0.29) is 11.9 Å². The molecule has 1 aliphatic rings. The first-order valence-electron chi connectivity index (χ1n) is 6.77. The molecule has 2 nitrogen and oxygen atoms in total. The fourth-order valence-electron chi connectivity index (χ4n) is 2.17. The van der Waals surface area contributed by atoms with E-state index >= 15 is 0 Å². The van der Waals surface area contributed by atoms with E-state index < -0.39 is 0 Å². The summed E-state index contributed by atoms with van der Waals surface area (Å²) in [7, 11) is 0. The highest BCUT2D eigenvalue weighted by atomic mass is 19.1. The lowest BCUT2D eigenvalue weighted by atomic mass is 10.0. The summed E-state index contributed by atoms with van der Waals surface area (Å²) in [5.74, 6) is 0.533. The Balaban J connectivity index is 1.86. The third-order valence-corrected chi connectivity index (χ3v) is 3.24. The highest BCUT2D eigenvalue weighted by Gasteiger charge is 2.31. The predicted octanol–water partition coefficient (Wildman–Crippen LogP) is 3.29. The van der Waals surface area contributed by atoms with Crippen molar-refractivity contribution in [1.82, 2.24) is 5.32 Å². The molecule has 1 aliphatic carbocycles. The van der Waals surface area contributed by atoms with Gasteiger partial charge >= 0.3 is 0 Å². The van der Waals surface area contributed by atoms with Gasteiger partial charge in [-0.3, -0.25) is 0 Å². The van der Waals surface area contributed by atoms with Gasteiger partial charge in [-0.15, -0.1) is 0 Å². The van der Waals surface area contributed by atoms with E-state index in [0.717, 1.165) is 13.2 Å². The van der Waals surface area contributed by atoms with Crippen molar-refractivity contribution in [2.45, 2.75) is 38.8 Å². The summed E-state index contributed by atoms with van der Waals surface area (Å²) in [5, 5.41) is 3.53. The predicted molar refractivity (Wildman–Crippen MR) is 71.0 cm³/mol. The Morgan fingerprint density at radius 2 is 1.94 bits per heavy atom. The van der Waals surface area contributed by atoms with Crippen LogP contribution in [-0.2, 0) is 4.74 Å². The van der Waals surface area contributed by atoms with Gasteiger partial charge in [-0.2, -0.15) is 0 Å². The van der Waals surface area contributed by atoms with E-state index in [1.807, 2.05) is 26.0 Å². The number of hydrogen-bond donors (Lipinski definition) is 1. The lowest BCUT2D eigenvalue weighted by Gasteiger charge is -2.19. The van der Waals surface area contributed by atoms with Gasteiger partial charge in [-0.25, -0.2) is 4.39 Å². The van der Waals surface area contributed by atoms with Crippen LogP contribution in [0.2, 0.25) is 0 Å². The van der Waals surface area contributed by atoms with Crippen molar-refractivity contribution in [3.05, 3.63) is 35.6 Å². The van der Waals surface area contributed by atoms with Crippen LogP contribution in [0.1, 0.15) is 38.3 Å². The highest BCUT2D eigenvalue weighted by molar-refractivity contribution is 5.21. The molecule has 2 rings (SSSR count). The van der Waals surface area contributed by atoms with Crippen molar-refractivity contribution in [3.63, 3.8) is 0 Å². The fraction of sp³-hybridized carbons (Fsp3) is 0.600. The molecule has 1 aromatic carbocycles. The largest absolute Gasteiger partial charge is 0.377 e. The van der Waals surface area contributed by atoms with Gasteiger partial charge in [0, 0.05) is 12.6 Å². The van der Waals surface area contributed by atoms with E-state index in [2.05, 4.69) is 5.32 Å². The molecule has 0 bridgehead atoms. The molecule has 100 valence electrons. The SMILES string of the molecule is CC(C)OCCNC(c1ccc(F)cc1)C1CC1. The number of benzene rings is 1. The molecule has 1 N–H and O–H groups in total. The molecular formula is C15H22FNO. The maximum atomic E-state index is 12.9. The minimum absolute atomic E-state index is 0.170. The number of halogens is 1. The second-order valence-corrected chi connectivity index (χ2v) is 5.24. The zero-order chi connectivity index (χ0) is 13.0. The Hall–Kier alpha value is -0.930. The summed E-state index contributed by atoms with van der Waals surface area (Å²) in [6.07, 6.45) is 2.80. The van der Waals surface area contributed by atoms with Gasteiger partial charge in [0.15, 0.2) is 0 Å². The summed E-state index contributed by atoms with van der Waals surface area (Å²) >= 11 is 0. The standard InChI is InChI=1S/C15H22FNO/c1-11(2)18-10-9-17-15(12-3-4-12)13-5-7-14(16)8-6-13/h5-8,11-12,15,17H,3-4,9-10H2,1-2H3. The molecular weight excluding hydrogens is 229 g/mol. The number of nitrogens with one attached hydrogen (secondary N) is 1. The van der Waals surface area contributed by atoms with E-state index in [1.165, 1.54) is 30.5 Å². The first kappa shape index (κ1) is 13.5. The van der Waals surface area contributed by atoms with Gasteiger partial charge in [0.25, 0.3) is 0 Å². The number of hydrogen-bond acceptors (Lipinski definition) is 2. The van der Waals surface area contributed by atoms with Crippen molar-refractivity contribution >= 4 is 0 Å². The van der Waals surface area contributed by atoms with Gasteiger partial charge in [0.2, 0.25) is 0 Å². The molecule has 1 atom stereocenters.